The van der Waals surface area contributed by atoms with Crippen molar-refractivity contribution in [3.63, 3.8) is 0 Å². The van der Waals surface area contributed by atoms with Crippen LogP contribution in [0.15, 0.2) is 22.7 Å². The van der Waals surface area contributed by atoms with Crippen LogP contribution >= 0.6 is 11.6 Å². The molecule has 0 saturated carbocycles. The van der Waals surface area contributed by atoms with Crippen molar-refractivity contribution in [2.45, 2.75) is 26.8 Å². The van der Waals surface area contributed by atoms with E-state index in [1.807, 2.05) is 20.8 Å². The maximum Gasteiger partial charge on any atom is 0.335 e. The molecule has 1 aromatic carbocycles. The van der Waals surface area contributed by atoms with E-state index in [1.54, 1.807) is 6.07 Å². The topological polar surface area (TPSA) is 75.4 Å². The number of aromatic nitrogens is 1. The second-order valence-corrected chi connectivity index (χ2v) is 5.01. The molecule has 2 rings (SSSR count). The highest BCUT2D eigenvalue weighted by molar-refractivity contribution is 6.33. The molecule has 1 heterocycles. The molecule has 1 unspecified atom stereocenters. The van der Waals surface area contributed by atoms with Crippen molar-refractivity contribution < 1.29 is 14.4 Å². The fraction of sp³-hybridized carbons (Fsp3) is 0.286. The van der Waals surface area contributed by atoms with Crippen LogP contribution in [-0.2, 0) is 0 Å². The van der Waals surface area contributed by atoms with Crippen molar-refractivity contribution in [2.75, 3.05) is 5.32 Å². The van der Waals surface area contributed by atoms with Gasteiger partial charge < -0.3 is 14.9 Å². The van der Waals surface area contributed by atoms with E-state index in [4.69, 9.17) is 21.2 Å². The van der Waals surface area contributed by atoms with Gasteiger partial charge in [0.15, 0.2) is 0 Å². The number of nitrogens with zero attached hydrogens (tertiary/aromatic N) is 1. The number of hydrogen-bond acceptors (Lipinski definition) is 4. The molecule has 0 aliphatic carbocycles. The summed E-state index contributed by atoms with van der Waals surface area (Å²) in [6.07, 6.45) is 0. The molecule has 0 aliphatic heterocycles. The number of nitrogens with one attached hydrogen (secondary N) is 1. The van der Waals surface area contributed by atoms with Crippen LogP contribution in [-0.4, -0.2) is 16.2 Å². The minimum absolute atomic E-state index is 0.0468. The largest absolute Gasteiger partial charge is 0.478 e. The van der Waals surface area contributed by atoms with E-state index in [0.717, 1.165) is 17.0 Å². The molecule has 0 fully saturated rings. The van der Waals surface area contributed by atoms with Crippen molar-refractivity contribution in [1.29, 1.82) is 0 Å². The second kappa shape index (κ2) is 5.54. The van der Waals surface area contributed by atoms with Gasteiger partial charge in [-0.1, -0.05) is 16.8 Å². The number of anilines is 1. The Labute approximate surface area is 121 Å². The van der Waals surface area contributed by atoms with Crippen LogP contribution in [0, 0.1) is 13.8 Å². The van der Waals surface area contributed by atoms with Gasteiger partial charge in [-0.25, -0.2) is 4.79 Å². The van der Waals surface area contributed by atoms with Crippen molar-refractivity contribution in [1.82, 2.24) is 5.16 Å². The highest BCUT2D eigenvalue weighted by Crippen LogP contribution is 2.29. The Morgan fingerprint density at radius 2 is 2.15 bits per heavy atom. The number of carbonyl (C=O) groups is 1. The zero-order valence-electron chi connectivity index (χ0n) is 11.4. The van der Waals surface area contributed by atoms with Crippen molar-refractivity contribution >= 4 is 23.3 Å². The molecule has 0 bridgehead atoms. The lowest BCUT2D eigenvalue weighted by Crippen LogP contribution is -2.09. The van der Waals surface area contributed by atoms with Gasteiger partial charge in [-0.3, -0.25) is 0 Å². The first-order valence-corrected chi connectivity index (χ1v) is 6.50. The number of rotatable bonds is 4. The summed E-state index contributed by atoms with van der Waals surface area (Å²) in [6, 6.07) is 4.54. The monoisotopic (exact) mass is 294 g/mol. The zero-order valence-corrected chi connectivity index (χ0v) is 12.2. The maximum atomic E-state index is 10.9. The van der Waals surface area contributed by atoms with Crippen LogP contribution in [0.3, 0.4) is 0 Å². The van der Waals surface area contributed by atoms with E-state index in [9.17, 15) is 4.79 Å². The molecule has 106 valence electrons. The van der Waals surface area contributed by atoms with Crippen LogP contribution in [0.25, 0.3) is 0 Å². The fourth-order valence-corrected chi connectivity index (χ4v) is 2.41. The Balaban J connectivity index is 2.24. The van der Waals surface area contributed by atoms with Gasteiger partial charge in [0.1, 0.15) is 5.76 Å². The van der Waals surface area contributed by atoms with E-state index in [1.165, 1.54) is 12.1 Å². The molecule has 0 aliphatic rings. The standard InChI is InChI=1S/C14H15ClN2O3/c1-7(13-8(2)17-20-9(13)3)16-12-5-4-10(14(18)19)6-11(12)15/h4-7,16H,1-3H3,(H,18,19). The Bertz CT molecular complexity index is 632. The fourth-order valence-electron chi connectivity index (χ4n) is 2.18. The molecular weight excluding hydrogens is 280 g/mol. The van der Waals surface area contributed by atoms with E-state index in [0.29, 0.717) is 10.7 Å². The molecule has 0 amide bonds. The summed E-state index contributed by atoms with van der Waals surface area (Å²) in [6.45, 7) is 5.69. The Hall–Kier alpha value is -2.01. The average molecular weight is 295 g/mol. The van der Waals surface area contributed by atoms with Gasteiger partial charge in [-0.05, 0) is 39.0 Å². The smallest absolute Gasteiger partial charge is 0.335 e. The molecule has 2 aromatic rings. The molecule has 20 heavy (non-hydrogen) atoms. The number of aromatic carboxylic acids is 1. The Morgan fingerprint density at radius 1 is 1.45 bits per heavy atom. The summed E-state index contributed by atoms with van der Waals surface area (Å²) in [4.78, 5) is 10.9. The highest BCUT2D eigenvalue weighted by Gasteiger charge is 2.17. The molecule has 0 radical (unpaired) electrons. The number of hydrogen-bond donors (Lipinski definition) is 2. The molecular formula is C14H15ClN2O3. The molecule has 2 N–H and O–H groups in total. The second-order valence-electron chi connectivity index (χ2n) is 4.60. The lowest BCUT2D eigenvalue weighted by molar-refractivity contribution is 0.0697. The number of benzene rings is 1. The number of carboxylic acid groups (broad SMARTS) is 1. The first-order chi connectivity index (χ1) is 9.40. The van der Waals surface area contributed by atoms with Crippen LogP contribution in [0.2, 0.25) is 5.02 Å². The minimum atomic E-state index is -1.00. The van der Waals surface area contributed by atoms with Crippen LogP contribution < -0.4 is 5.32 Å². The predicted octanol–water partition coefficient (Wildman–Crippen LogP) is 3.82. The van der Waals surface area contributed by atoms with Crippen molar-refractivity contribution in [3.8, 4) is 0 Å². The third-order valence-electron chi connectivity index (χ3n) is 3.11. The average Bonchev–Trinajstić information content (AvgIpc) is 2.71. The molecule has 6 heteroatoms. The van der Waals surface area contributed by atoms with E-state index >= 15 is 0 Å². The lowest BCUT2D eigenvalue weighted by Gasteiger charge is -2.16. The van der Waals surface area contributed by atoms with Crippen LogP contribution in [0.1, 0.15) is 40.3 Å². The minimum Gasteiger partial charge on any atom is -0.478 e. The summed E-state index contributed by atoms with van der Waals surface area (Å²) >= 11 is 6.09. The van der Waals surface area contributed by atoms with E-state index in [2.05, 4.69) is 10.5 Å². The zero-order chi connectivity index (χ0) is 14.9. The highest BCUT2D eigenvalue weighted by atomic mass is 35.5. The van der Waals surface area contributed by atoms with Crippen molar-refractivity contribution in [3.05, 3.63) is 45.8 Å². The molecule has 0 spiro atoms. The van der Waals surface area contributed by atoms with Gasteiger partial charge >= 0.3 is 5.97 Å². The predicted molar refractivity (Wildman–Crippen MR) is 76.4 cm³/mol. The van der Waals surface area contributed by atoms with Gasteiger partial charge in [0.25, 0.3) is 0 Å². The summed E-state index contributed by atoms with van der Waals surface area (Å²) in [7, 11) is 0. The quantitative estimate of drug-likeness (QED) is 0.896. The van der Waals surface area contributed by atoms with Gasteiger partial charge in [0, 0.05) is 5.56 Å². The Kier molecular flexibility index (Phi) is 3.99. The molecule has 5 nitrogen and oxygen atoms in total. The van der Waals surface area contributed by atoms with Gasteiger partial charge in [-0.15, -0.1) is 0 Å². The summed E-state index contributed by atoms with van der Waals surface area (Å²) in [5, 5.41) is 16.4. The molecule has 1 aromatic heterocycles. The molecule has 1 atom stereocenters. The first-order valence-electron chi connectivity index (χ1n) is 6.12. The van der Waals surface area contributed by atoms with Crippen LogP contribution in [0.4, 0.5) is 5.69 Å². The summed E-state index contributed by atoms with van der Waals surface area (Å²) in [5.41, 5.74) is 2.62. The number of halogens is 1. The summed E-state index contributed by atoms with van der Waals surface area (Å²) < 4.78 is 5.13. The third-order valence-corrected chi connectivity index (χ3v) is 3.42. The van der Waals surface area contributed by atoms with E-state index in [-0.39, 0.29) is 11.6 Å². The SMILES string of the molecule is Cc1noc(C)c1C(C)Nc1ccc(C(=O)O)cc1Cl. The molecule has 0 saturated heterocycles. The maximum absolute atomic E-state index is 10.9. The number of aryl methyl sites for hydroxylation is 2. The van der Waals surface area contributed by atoms with Gasteiger partial charge in [0.2, 0.25) is 0 Å². The number of carboxylic acids is 1. The van der Waals surface area contributed by atoms with Crippen LogP contribution in [0.5, 0.6) is 0 Å². The Morgan fingerprint density at radius 3 is 2.65 bits per heavy atom. The summed E-state index contributed by atoms with van der Waals surface area (Å²) in [5.74, 6) is -0.252. The first kappa shape index (κ1) is 14.4. The van der Waals surface area contributed by atoms with Gasteiger partial charge in [0.05, 0.1) is 28.0 Å². The lowest BCUT2D eigenvalue weighted by atomic mass is 10.1. The normalized spacial score (nSPS) is 12.2. The van der Waals surface area contributed by atoms with Crippen molar-refractivity contribution in [2.24, 2.45) is 0 Å². The van der Waals surface area contributed by atoms with E-state index < -0.39 is 5.97 Å². The third kappa shape index (κ3) is 2.77. The van der Waals surface area contributed by atoms with Gasteiger partial charge in [-0.2, -0.15) is 0 Å².